The first-order valence-electron chi connectivity index (χ1n) is 6.79. The zero-order valence-corrected chi connectivity index (χ0v) is 10.4. The van der Waals surface area contributed by atoms with Gasteiger partial charge in [-0.3, -0.25) is 9.59 Å². The second-order valence-electron chi connectivity index (χ2n) is 5.75. The van der Waals surface area contributed by atoms with Gasteiger partial charge in [0.25, 0.3) is 0 Å². The Bertz CT molecular complexity index is 356. The highest BCUT2D eigenvalue weighted by Gasteiger charge is 2.52. The average Bonchev–Trinajstić information content (AvgIpc) is 2.68. The van der Waals surface area contributed by atoms with Gasteiger partial charge in [-0.1, -0.05) is 12.8 Å². The number of carbonyl (C=O) groups excluding carboxylic acids is 2. The van der Waals surface area contributed by atoms with Crippen LogP contribution < -0.4 is 5.32 Å². The van der Waals surface area contributed by atoms with Gasteiger partial charge >= 0.3 is 0 Å². The monoisotopic (exact) mass is 236 g/mol. The molecule has 17 heavy (non-hydrogen) atoms. The van der Waals surface area contributed by atoms with Crippen LogP contribution in [-0.2, 0) is 9.59 Å². The summed E-state index contributed by atoms with van der Waals surface area (Å²) in [4.78, 5) is 26.6. The number of amides is 2. The first kappa shape index (κ1) is 11.1. The summed E-state index contributed by atoms with van der Waals surface area (Å²) in [5.74, 6) is 0.227. The minimum Gasteiger partial charge on any atom is -0.340 e. The van der Waals surface area contributed by atoms with Gasteiger partial charge in [0.15, 0.2) is 0 Å². The Morgan fingerprint density at radius 3 is 2.35 bits per heavy atom. The minimum atomic E-state index is -0.542. The molecule has 0 bridgehead atoms. The van der Waals surface area contributed by atoms with E-state index >= 15 is 0 Å². The van der Waals surface area contributed by atoms with E-state index in [4.69, 9.17) is 0 Å². The summed E-state index contributed by atoms with van der Waals surface area (Å²) in [6.45, 7) is 1.85. The van der Waals surface area contributed by atoms with E-state index in [-0.39, 0.29) is 17.9 Å². The van der Waals surface area contributed by atoms with E-state index in [1.54, 1.807) is 0 Å². The van der Waals surface area contributed by atoms with E-state index in [9.17, 15) is 9.59 Å². The molecule has 0 aromatic heterocycles. The van der Waals surface area contributed by atoms with Gasteiger partial charge in [-0.05, 0) is 39.0 Å². The largest absolute Gasteiger partial charge is 0.340 e. The molecule has 1 aliphatic heterocycles. The normalized spacial score (nSPS) is 32.8. The zero-order chi connectivity index (χ0) is 12.0. The lowest BCUT2D eigenvalue weighted by atomic mass is 9.84. The van der Waals surface area contributed by atoms with E-state index < -0.39 is 5.54 Å². The third kappa shape index (κ3) is 1.49. The molecular weight excluding hydrogens is 216 g/mol. The molecule has 0 aromatic rings. The van der Waals surface area contributed by atoms with E-state index in [1.165, 1.54) is 6.42 Å². The minimum absolute atomic E-state index is 0.0402. The van der Waals surface area contributed by atoms with Crippen molar-refractivity contribution in [1.82, 2.24) is 10.2 Å². The second kappa shape index (κ2) is 3.72. The van der Waals surface area contributed by atoms with Crippen LogP contribution in [0.5, 0.6) is 0 Å². The zero-order valence-electron chi connectivity index (χ0n) is 10.4. The van der Waals surface area contributed by atoms with Gasteiger partial charge in [0, 0.05) is 6.04 Å². The van der Waals surface area contributed by atoms with Crippen LogP contribution >= 0.6 is 0 Å². The number of hydrogen-bond donors (Lipinski definition) is 1. The van der Waals surface area contributed by atoms with Crippen LogP contribution in [0.15, 0.2) is 0 Å². The van der Waals surface area contributed by atoms with Gasteiger partial charge in [0.2, 0.25) is 11.8 Å². The maximum atomic E-state index is 12.7. The number of carbonyl (C=O) groups is 2. The van der Waals surface area contributed by atoms with Gasteiger partial charge in [-0.25, -0.2) is 0 Å². The highest BCUT2D eigenvalue weighted by atomic mass is 16.2. The van der Waals surface area contributed by atoms with E-state index in [0.29, 0.717) is 6.04 Å². The molecule has 2 amide bonds. The summed E-state index contributed by atoms with van der Waals surface area (Å²) in [5, 5.41) is 2.99. The Morgan fingerprint density at radius 1 is 1.18 bits per heavy atom. The van der Waals surface area contributed by atoms with Gasteiger partial charge in [-0.15, -0.1) is 0 Å². The van der Waals surface area contributed by atoms with E-state index in [1.807, 2.05) is 11.8 Å². The van der Waals surface area contributed by atoms with Crippen molar-refractivity contribution < 1.29 is 9.59 Å². The molecule has 1 spiro atoms. The van der Waals surface area contributed by atoms with Crippen molar-refractivity contribution in [3.63, 3.8) is 0 Å². The molecule has 0 radical (unpaired) electrons. The van der Waals surface area contributed by atoms with Crippen molar-refractivity contribution in [2.75, 3.05) is 0 Å². The Balaban J connectivity index is 1.90. The highest BCUT2D eigenvalue weighted by molar-refractivity contribution is 6.00. The number of rotatable bonds is 1. The Hall–Kier alpha value is -1.06. The predicted molar refractivity (Wildman–Crippen MR) is 63.3 cm³/mol. The van der Waals surface area contributed by atoms with Crippen LogP contribution in [-0.4, -0.2) is 34.3 Å². The smallest absolute Gasteiger partial charge is 0.249 e. The quantitative estimate of drug-likeness (QED) is 0.743. The Labute approximate surface area is 102 Å². The Kier molecular flexibility index (Phi) is 2.42. The molecule has 1 saturated heterocycles. The van der Waals surface area contributed by atoms with Crippen LogP contribution in [0.25, 0.3) is 0 Å². The lowest BCUT2D eigenvalue weighted by Crippen LogP contribution is -2.71. The summed E-state index contributed by atoms with van der Waals surface area (Å²) in [6, 6.07) is 0.0417. The van der Waals surface area contributed by atoms with Crippen molar-refractivity contribution in [2.45, 2.75) is 69.5 Å². The molecule has 0 aromatic carbocycles. The second-order valence-corrected chi connectivity index (χ2v) is 5.75. The van der Waals surface area contributed by atoms with Crippen molar-refractivity contribution in [2.24, 2.45) is 0 Å². The lowest BCUT2D eigenvalue weighted by molar-refractivity contribution is -0.159. The molecule has 2 aliphatic carbocycles. The third-order valence-electron chi connectivity index (χ3n) is 4.73. The van der Waals surface area contributed by atoms with Gasteiger partial charge in [0.05, 0.1) is 0 Å². The maximum absolute atomic E-state index is 12.7. The molecule has 1 heterocycles. The number of hydrogen-bond acceptors (Lipinski definition) is 2. The summed E-state index contributed by atoms with van der Waals surface area (Å²) in [6.07, 6.45) is 7.09. The first-order chi connectivity index (χ1) is 8.14. The molecule has 4 nitrogen and oxygen atoms in total. The fraction of sp³-hybridized carbons (Fsp3) is 0.846. The third-order valence-corrected chi connectivity index (χ3v) is 4.73. The topological polar surface area (TPSA) is 49.4 Å². The number of nitrogens with zero attached hydrogens (tertiary/aromatic N) is 1. The van der Waals surface area contributed by atoms with Crippen molar-refractivity contribution in [1.29, 1.82) is 0 Å². The van der Waals surface area contributed by atoms with E-state index in [0.717, 1.165) is 38.5 Å². The molecule has 1 atom stereocenters. The van der Waals surface area contributed by atoms with Gasteiger partial charge < -0.3 is 10.2 Å². The highest BCUT2D eigenvalue weighted by Crippen LogP contribution is 2.38. The SMILES string of the molecule is CC1C(=O)NC2(CCCC2)C(=O)N1C1CCC1. The summed E-state index contributed by atoms with van der Waals surface area (Å²) in [7, 11) is 0. The fourth-order valence-corrected chi connectivity index (χ4v) is 3.41. The standard InChI is InChI=1S/C13H20N2O2/c1-9-11(16)14-13(7-2-3-8-13)12(17)15(9)10-5-4-6-10/h9-10H,2-8H2,1H3,(H,14,16). The van der Waals surface area contributed by atoms with Crippen LogP contribution in [0, 0.1) is 0 Å². The summed E-state index contributed by atoms with van der Waals surface area (Å²) >= 11 is 0. The van der Waals surface area contributed by atoms with Crippen molar-refractivity contribution in [3.05, 3.63) is 0 Å². The number of nitrogens with one attached hydrogen (secondary N) is 1. The molecule has 1 unspecified atom stereocenters. The van der Waals surface area contributed by atoms with Crippen LogP contribution in [0.1, 0.15) is 51.9 Å². The average molecular weight is 236 g/mol. The van der Waals surface area contributed by atoms with Gasteiger partial charge in [-0.2, -0.15) is 0 Å². The molecule has 3 fully saturated rings. The fourth-order valence-electron chi connectivity index (χ4n) is 3.41. The lowest BCUT2D eigenvalue weighted by Gasteiger charge is -2.49. The Morgan fingerprint density at radius 2 is 1.82 bits per heavy atom. The van der Waals surface area contributed by atoms with Crippen LogP contribution in [0.4, 0.5) is 0 Å². The molecule has 3 aliphatic rings. The molecule has 1 N–H and O–H groups in total. The van der Waals surface area contributed by atoms with Crippen LogP contribution in [0.3, 0.4) is 0 Å². The number of piperazine rings is 1. The molecule has 2 saturated carbocycles. The summed E-state index contributed by atoms with van der Waals surface area (Å²) in [5.41, 5.74) is -0.542. The molecule has 3 rings (SSSR count). The van der Waals surface area contributed by atoms with Gasteiger partial charge in [0.1, 0.15) is 11.6 Å². The summed E-state index contributed by atoms with van der Waals surface area (Å²) < 4.78 is 0. The predicted octanol–water partition coefficient (Wildman–Crippen LogP) is 1.20. The first-order valence-corrected chi connectivity index (χ1v) is 6.79. The molecule has 4 heteroatoms. The molecule has 94 valence electrons. The maximum Gasteiger partial charge on any atom is 0.249 e. The van der Waals surface area contributed by atoms with Crippen LogP contribution in [0.2, 0.25) is 0 Å². The molecular formula is C13H20N2O2. The van der Waals surface area contributed by atoms with Crippen molar-refractivity contribution in [3.8, 4) is 0 Å². The van der Waals surface area contributed by atoms with Crippen molar-refractivity contribution >= 4 is 11.8 Å². The van der Waals surface area contributed by atoms with E-state index in [2.05, 4.69) is 5.32 Å².